The summed E-state index contributed by atoms with van der Waals surface area (Å²) in [6, 6.07) is 7.32. The first-order valence-electron chi connectivity index (χ1n) is 6.44. The molecule has 1 N–H and O–H groups in total. The number of hydrogen-bond acceptors (Lipinski definition) is 2. The Morgan fingerprint density at radius 3 is 2.62 bits per heavy atom. The fourth-order valence-electron chi connectivity index (χ4n) is 2.30. The van der Waals surface area contributed by atoms with E-state index in [0.717, 1.165) is 11.1 Å². The molecule has 1 fully saturated rings. The molecule has 0 aromatic heterocycles. The van der Waals surface area contributed by atoms with Gasteiger partial charge in [0, 0.05) is 24.2 Å². The number of rotatable bonds is 3. The third-order valence-corrected chi connectivity index (χ3v) is 3.82. The Labute approximate surface area is 134 Å². The van der Waals surface area contributed by atoms with Crippen molar-refractivity contribution in [2.24, 2.45) is 5.92 Å². The van der Waals surface area contributed by atoms with Crippen molar-refractivity contribution in [1.29, 1.82) is 0 Å². The zero-order valence-corrected chi connectivity index (χ0v) is 13.2. The number of carbonyl (C=O) groups excluding carboxylic acids is 1. The van der Waals surface area contributed by atoms with Gasteiger partial charge in [-0.25, -0.2) is 0 Å². The number of carbonyl (C=O) groups is 2. The third-order valence-electron chi connectivity index (χ3n) is 3.49. The van der Waals surface area contributed by atoms with E-state index in [0.29, 0.717) is 18.0 Å². The van der Waals surface area contributed by atoms with Crippen LogP contribution in [0.15, 0.2) is 30.3 Å². The number of hydrogen-bond donors (Lipinski definition) is 1. The quantitative estimate of drug-likeness (QED) is 0.867. The van der Waals surface area contributed by atoms with E-state index in [-0.39, 0.29) is 24.9 Å². The van der Waals surface area contributed by atoms with Gasteiger partial charge < -0.3 is 10.0 Å². The predicted molar refractivity (Wildman–Crippen MR) is 84.7 cm³/mol. The van der Waals surface area contributed by atoms with Gasteiger partial charge in [0.2, 0.25) is 5.91 Å². The first-order chi connectivity index (χ1) is 9.49. The van der Waals surface area contributed by atoms with Crippen LogP contribution < -0.4 is 0 Å². The van der Waals surface area contributed by atoms with Crippen molar-refractivity contribution in [2.45, 2.75) is 13.3 Å². The zero-order chi connectivity index (χ0) is 14.7. The third kappa shape index (κ3) is 4.22. The molecule has 1 amide bonds. The molecule has 0 bridgehead atoms. The van der Waals surface area contributed by atoms with Crippen LogP contribution in [0.1, 0.15) is 18.9 Å². The Balaban J connectivity index is 0.00000220. The lowest BCUT2D eigenvalue weighted by Crippen LogP contribution is -2.28. The summed E-state index contributed by atoms with van der Waals surface area (Å²) in [6.45, 7) is 2.59. The van der Waals surface area contributed by atoms with E-state index < -0.39 is 11.9 Å². The first kappa shape index (κ1) is 17.5. The largest absolute Gasteiger partial charge is 0.481 e. The summed E-state index contributed by atoms with van der Waals surface area (Å²) < 4.78 is 0. The van der Waals surface area contributed by atoms with Crippen molar-refractivity contribution in [3.8, 4) is 0 Å². The number of carboxylic acids is 1. The molecule has 1 aromatic carbocycles. The highest BCUT2D eigenvalue weighted by Crippen LogP contribution is 2.24. The summed E-state index contributed by atoms with van der Waals surface area (Å²) in [7, 11) is 0. The lowest BCUT2D eigenvalue weighted by atomic mass is 10.1. The van der Waals surface area contributed by atoms with Crippen LogP contribution >= 0.6 is 24.0 Å². The molecule has 21 heavy (non-hydrogen) atoms. The number of carboxylic acid groups (broad SMARTS) is 1. The maximum Gasteiger partial charge on any atom is 0.308 e. The molecule has 2 rings (SSSR count). The first-order valence-corrected chi connectivity index (χ1v) is 6.81. The summed E-state index contributed by atoms with van der Waals surface area (Å²) in [5.41, 5.74) is 1.59. The van der Waals surface area contributed by atoms with E-state index >= 15 is 0 Å². The Morgan fingerprint density at radius 1 is 1.38 bits per heavy atom. The number of benzene rings is 1. The van der Waals surface area contributed by atoms with E-state index in [9.17, 15) is 9.59 Å². The van der Waals surface area contributed by atoms with E-state index in [1.165, 1.54) is 6.08 Å². The van der Waals surface area contributed by atoms with Gasteiger partial charge in [-0.05, 0) is 30.5 Å². The second kappa shape index (κ2) is 7.48. The van der Waals surface area contributed by atoms with Gasteiger partial charge in [-0.1, -0.05) is 29.8 Å². The topological polar surface area (TPSA) is 57.6 Å². The number of aliphatic carboxylic acids is 1. The minimum Gasteiger partial charge on any atom is -0.481 e. The molecular formula is C15H17Cl2NO3. The standard InChI is InChI=1S/C15H16ClNO3.ClH/c1-10(12-4-2-3-5-13(12)16)8-14(18)17-7-6-11(9-17)15(19)20;/h2-5,8,11H,6-7,9H2,1H3,(H,19,20);1H. The molecule has 0 spiro atoms. The van der Waals surface area contributed by atoms with Crippen molar-refractivity contribution in [2.75, 3.05) is 13.1 Å². The molecule has 0 aliphatic carbocycles. The lowest BCUT2D eigenvalue weighted by Gasteiger charge is -2.14. The summed E-state index contributed by atoms with van der Waals surface area (Å²) in [5.74, 6) is -1.45. The van der Waals surface area contributed by atoms with Crippen LogP contribution in [0.4, 0.5) is 0 Å². The molecule has 0 saturated carbocycles. The number of likely N-dealkylation sites (tertiary alicyclic amines) is 1. The van der Waals surface area contributed by atoms with Gasteiger partial charge in [0.1, 0.15) is 0 Å². The maximum absolute atomic E-state index is 12.1. The molecule has 1 unspecified atom stereocenters. The SMILES string of the molecule is CC(=CC(=O)N1CCC(C(=O)O)C1)c1ccccc1Cl.Cl. The normalized spacial score (nSPS) is 18.3. The van der Waals surface area contributed by atoms with Gasteiger partial charge in [0.15, 0.2) is 0 Å². The van der Waals surface area contributed by atoms with Gasteiger partial charge in [-0.3, -0.25) is 9.59 Å². The molecule has 0 radical (unpaired) electrons. The molecule has 6 heteroatoms. The fourth-order valence-corrected chi connectivity index (χ4v) is 2.58. The summed E-state index contributed by atoms with van der Waals surface area (Å²) >= 11 is 6.08. The van der Waals surface area contributed by atoms with Crippen LogP contribution in [0.5, 0.6) is 0 Å². The summed E-state index contributed by atoms with van der Waals surface area (Å²) in [4.78, 5) is 24.6. The highest BCUT2D eigenvalue weighted by Gasteiger charge is 2.30. The van der Waals surface area contributed by atoms with Crippen molar-refractivity contribution in [3.05, 3.63) is 40.9 Å². The zero-order valence-electron chi connectivity index (χ0n) is 11.6. The number of halogens is 2. The number of amides is 1. The molecular weight excluding hydrogens is 313 g/mol. The van der Waals surface area contributed by atoms with E-state index in [4.69, 9.17) is 16.7 Å². The molecule has 1 atom stereocenters. The molecule has 1 aliphatic rings. The smallest absolute Gasteiger partial charge is 0.308 e. The van der Waals surface area contributed by atoms with Crippen molar-refractivity contribution < 1.29 is 14.7 Å². The van der Waals surface area contributed by atoms with Crippen LogP contribution in [0, 0.1) is 5.92 Å². The van der Waals surface area contributed by atoms with Crippen molar-refractivity contribution in [1.82, 2.24) is 4.90 Å². The minimum atomic E-state index is -0.841. The van der Waals surface area contributed by atoms with Crippen LogP contribution in [0.3, 0.4) is 0 Å². The van der Waals surface area contributed by atoms with Crippen molar-refractivity contribution >= 4 is 41.5 Å². The van der Waals surface area contributed by atoms with Crippen LogP contribution in [0.2, 0.25) is 5.02 Å². The summed E-state index contributed by atoms with van der Waals surface area (Å²) in [6.07, 6.45) is 2.03. The van der Waals surface area contributed by atoms with Gasteiger partial charge in [0.25, 0.3) is 0 Å². The number of nitrogens with zero attached hydrogens (tertiary/aromatic N) is 1. The van der Waals surface area contributed by atoms with Gasteiger partial charge in [-0.15, -0.1) is 12.4 Å². The second-order valence-electron chi connectivity index (χ2n) is 4.92. The Kier molecular flexibility index (Phi) is 6.24. The average molecular weight is 330 g/mol. The Bertz CT molecular complexity index is 572. The van der Waals surface area contributed by atoms with Crippen molar-refractivity contribution in [3.63, 3.8) is 0 Å². The molecule has 4 nitrogen and oxygen atoms in total. The fraction of sp³-hybridized carbons (Fsp3) is 0.333. The van der Waals surface area contributed by atoms with Crippen LogP contribution in [-0.2, 0) is 9.59 Å². The second-order valence-corrected chi connectivity index (χ2v) is 5.32. The monoisotopic (exact) mass is 329 g/mol. The van der Waals surface area contributed by atoms with Crippen LogP contribution in [-0.4, -0.2) is 35.0 Å². The molecule has 1 aliphatic heterocycles. The highest BCUT2D eigenvalue weighted by atomic mass is 35.5. The van der Waals surface area contributed by atoms with Gasteiger partial charge in [-0.2, -0.15) is 0 Å². The van der Waals surface area contributed by atoms with E-state index in [2.05, 4.69) is 0 Å². The molecule has 1 heterocycles. The van der Waals surface area contributed by atoms with E-state index in [1.807, 2.05) is 25.1 Å². The molecule has 1 saturated heterocycles. The minimum absolute atomic E-state index is 0. The Morgan fingerprint density at radius 2 is 2.05 bits per heavy atom. The van der Waals surface area contributed by atoms with E-state index in [1.54, 1.807) is 11.0 Å². The Hall–Kier alpha value is -1.52. The highest BCUT2D eigenvalue weighted by molar-refractivity contribution is 6.32. The van der Waals surface area contributed by atoms with Gasteiger partial charge in [0.05, 0.1) is 5.92 Å². The average Bonchev–Trinajstić information content (AvgIpc) is 2.88. The summed E-state index contributed by atoms with van der Waals surface area (Å²) in [5, 5.41) is 9.53. The molecule has 1 aromatic rings. The predicted octanol–water partition coefficient (Wildman–Crippen LogP) is 3.10. The maximum atomic E-state index is 12.1. The van der Waals surface area contributed by atoms with Gasteiger partial charge >= 0.3 is 5.97 Å². The van der Waals surface area contributed by atoms with Crippen LogP contribution in [0.25, 0.3) is 5.57 Å². The number of allylic oxidation sites excluding steroid dienone is 1. The molecule has 114 valence electrons. The lowest BCUT2D eigenvalue weighted by molar-refractivity contribution is -0.141.